The van der Waals surface area contributed by atoms with Crippen LogP contribution in [-0.4, -0.2) is 38.2 Å². The summed E-state index contributed by atoms with van der Waals surface area (Å²) in [5.74, 6) is 1.55. The third-order valence-electron chi connectivity index (χ3n) is 3.70. The van der Waals surface area contributed by atoms with Crippen LogP contribution in [0.5, 0.6) is 0 Å². The van der Waals surface area contributed by atoms with Crippen molar-refractivity contribution in [1.29, 1.82) is 0 Å². The summed E-state index contributed by atoms with van der Waals surface area (Å²) in [6.45, 7) is 3.66. The second-order valence-corrected chi connectivity index (χ2v) is 5.35. The average molecular weight is 358 g/mol. The van der Waals surface area contributed by atoms with Crippen LogP contribution in [0, 0.1) is 6.92 Å². The van der Waals surface area contributed by atoms with Gasteiger partial charge in [0, 0.05) is 6.54 Å². The maximum Gasteiger partial charge on any atom is 0.240 e. The Morgan fingerprint density at radius 2 is 1.96 bits per heavy atom. The van der Waals surface area contributed by atoms with Crippen LogP contribution in [0.15, 0.2) is 30.3 Å². The summed E-state index contributed by atoms with van der Waals surface area (Å²) < 4.78 is 1.86. The van der Waals surface area contributed by atoms with Crippen molar-refractivity contribution in [3.05, 3.63) is 47.5 Å². The third-order valence-corrected chi connectivity index (χ3v) is 3.70. The molecule has 2 heterocycles. The molecular weight excluding hydrogens is 337 g/mol. The standard InChI is InChI=1S/C15H19N5O.2ClH/c1-11-17-14-10-19(7-8-20(14)18-11)15(21)13(16)9-12-5-3-2-4-6-12;;/h2-6,13H,7-10,16H2,1H3;2*1H. The van der Waals surface area contributed by atoms with Crippen LogP contribution >= 0.6 is 24.8 Å². The Balaban J connectivity index is 0.00000132. The Hall–Kier alpha value is -1.63. The van der Waals surface area contributed by atoms with Crippen molar-refractivity contribution >= 4 is 30.7 Å². The Bertz CT molecular complexity index is 647. The van der Waals surface area contributed by atoms with Crippen LogP contribution in [0.4, 0.5) is 0 Å². The van der Waals surface area contributed by atoms with E-state index in [1.54, 1.807) is 4.90 Å². The van der Waals surface area contributed by atoms with Crippen molar-refractivity contribution in [1.82, 2.24) is 19.7 Å². The van der Waals surface area contributed by atoms with E-state index in [1.807, 2.05) is 41.9 Å². The van der Waals surface area contributed by atoms with Gasteiger partial charge in [0.05, 0.1) is 19.1 Å². The number of rotatable bonds is 3. The highest BCUT2D eigenvalue weighted by Gasteiger charge is 2.26. The lowest BCUT2D eigenvalue weighted by Gasteiger charge is -2.29. The van der Waals surface area contributed by atoms with E-state index in [4.69, 9.17) is 5.73 Å². The number of halogens is 2. The summed E-state index contributed by atoms with van der Waals surface area (Å²) in [5, 5.41) is 4.29. The number of nitrogens with two attached hydrogens (primary N) is 1. The van der Waals surface area contributed by atoms with Crippen molar-refractivity contribution in [3.8, 4) is 0 Å². The van der Waals surface area contributed by atoms with Gasteiger partial charge >= 0.3 is 0 Å². The highest BCUT2D eigenvalue weighted by atomic mass is 35.5. The molecule has 0 spiro atoms. The van der Waals surface area contributed by atoms with Crippen molar-refractivity contribution in [2.24, 2.45) is 5.73 Å². The summed E-state index contributed by atoms with van der Waals surface area (Å²) in [6.07, 6.45) is 0.557. The van der Waals surface area contributed by atoms with Gasteiger partial charge in [0.15, 0.2) is 0 Å². The molecule has 0 radical (unpaired) electrons. The van der Waals surface area contributed by atoms with E-state index in [-0.39, 0.29) is 30.7 Å². The van der Waals surface area contributed by atoms with E-state index in [2.05, 4.69) is 10.1 Å². The lowest BCUT2D eigenvalue weighted by Crippen LogP contribution is -2.47. The van der Waals surface area contributed by atoms with Crippen molar-refractivity contribution in [3.63, 3.8) is 0 Å². The molecule has 1 aromatic heterocycles. The molecule has 23 heavy (non-hydrogen) atoms. The van der Waals surface area contributed by atoms with Gasteiger partial charge in [-0.1, -0.05) is 30.3 Å². The van der Waals surface area contributed by atoms with Gasteiger partial charge in [-0.3, -0.25) is 4.79 Å². The van der Waals surface area contributed by atoms with E-state index >= 15 is 0 Å². The van der Waals surface area contributed by atoms with Crippen LogP contribution in [0.2, 0.25) is 0 Å². The molecule has 1 aromatic carbocycles. The number of carbonyl (C=O) groups is 1. The van der Waals surface area contributed by atoms with Crippen LogP contribution < -0.4 is 5.73 Å². The van der Waals surface area contributed by atoms with Gasteiger partial charge in [-0.2, -0.15) is 5.10 Å². The number of benzene rings is 1. The molecule has 1 aliphatic rings. The molecule has 3 rings (SSSR count). The van der Waals surface area contributed by atoms with Crippen molar-refractivity contribution in [2.75, 3.05) is 6.54 Å². The number of amides is 1. The fraction of sp³-hybridized carbons (Fsp3) is 0.400. The first-order valence-corrected chi connectivity index (χ1v) is 7.12. The van der Waals surface area contributed by atoms with Gasteiger partial charge < -0.3 is 10.6 Å². The lowest BCUT2D eigenvalue weighted by molar-refractivity contribution is -0.134. The summed E-state index contributed by atoms with van der Waals surface area (Å²) in [7, 11) is 0. The number of fused-ring (bicyclic) bond motifs is 1. The Morgan fingerprint density at radius 1 is 1.26 bits per heavy atom. The quantitative estimate of drug-likeness (QED) is 0.898. The lowest BCUT2D eigenvalue weighted by atomic mass is 10.1. The topological polar surface area (TPSA) is 77.0 Å². The van der Waals surface area contributed by atoms with E-state index in [1.165, 1.54) is 0 Å². The zero-order chi connectivity index (χ0) is 14.8. The SMILES string of the molecule is Cc1nc2n(n1)CCN(C(=O)C(N)Cc1ccccc1)C2.Cl.Cl. The summed E-state index contributed by atoms with van der Waals surface area (Å²) in [6, 6.07) is 9.34. The van der Waals surface area contributed by atoms with Crippen LogP contribution in [0.3, 0.4) is 0 Å². The predicted octanol–water partition coefficient (Wildman–Crippen LogP) is 1.34. The Kier molecular flexibility index (Phi) is 7.00. The molecule has 6 nitrogen and oxygen atoms in total. The first-order valence-electron chi connectivity index (χ1n) is 7.12. The van der Waals surface area contributed by atoms with Crippen molar-refractivity contribution < 1.29 is 4.79 Å². The second-order valence-electron chi connectivity index (χ2n) is 5.35. The number of nitrogens with zero attached hydrogens (tertiary/aromatic N) is 4. The molecule has 0 aliphatic carbocycles. The average Bonchev–Trinajstić information content (AvgIpc) is 2.86. The molecule has 1 unspecified atom stereocenters. The van der Waals surface area contributed by atoms with Gasteiger partial charge in [0.25, 0.3) is 0 Å². The number of carbonyl (C=O) groups excluding carboxylic acids is 1. The van der Waals surface area contributed by atoms with Crippen LogP contribution in [0.1, 0.15) is 17.2 Å². The van der Waals surface area contributed by atoms with Gasteiger partial charge in [-0.05, 0) is 18.9 Å². The maximum absolute atomic E-state index is 12.5. The highest BCUT2D eigenvalue weighted by Crippen LogP contribution is 2.12. The summed E-state index contributed by atoms with van der Waals surface area (Å²) in [4.78, 5) is 18.6. The normalized spacial score (nSPS) is 14.3. The third kappa shape index (κ3) is 4.43. The number of hydrogen-bond acceptors (Lipinski definition) is 4. The van der Waals surface area contributed by atoms with E-state index in [9.17, 15) is 4.79 Å². The fourth-order valence-corrected chi connectivity index (χ4v) is 2.64. The monoisotopic (exact) mass is 357 g/mol. The predicted molar refractivity (Wildman–Crippen MR) is 92.8 cm³/mol. The minimum atomic E-state index is -0.511. The Labute approximate surface area is 147 Å². The van der Waals surface area contributed by atoms with Gasteiger partial charge in [0.2, 0.25) is 5.91 Å². The number of aryl methyl sites for hydroxylation is 1. The molecule has 1 aliphatic heterocycles. The first-order chi connectivity index (χ1) is 10.1. The molecule has 1 atom stereocenters. The molecule has 1 amide bonds. The maximum atomic E-state index is 12.5. The fourth-order valence-electron chi connectivity index (χ4n) is 2.64. The highest BCUT2D eigenvalue weighted by molar-refractivity contribution is 5.85. The van der Waals surface area contributed by atoms with Gasteiger partial charge in [-0.15, -0.1) is 24.8 Å². The zero-order valence-electron chi connectivity index (χ0n) is 12.9. The van der Waals surface area contributed by atoms with Crippen LogP contribution in [-0.2, 0) is 24.3 Å². The molecule has 2 N–H and O–H groups in total. The van der Waals surface area contributed by atoms with Gasteiger partial charge in [0.1, 0.15) is 11.6 Å². The molecule has 0 fully saturated rings. The minimum absolute atomic E-state index is 0. The molecule has 0 saturated carbocycles. The molecule has 126 valence electrons. The Morgan fingerprint density at radius 3 is 2.65 bits per heavy atom. The second kappa shape index (κ2) is 8.29. The molecule has 8 heteroatoms. The molecule has 0 bridgehead atoms. The molecule has 0 saturated heterocycles. The van der Waals surface area contributed by atoms with E-state index < -0.39 is 6.04 Å². The first kappa shape index (κ1) is 19.4. The van der Waals surface area contributed by atoms with Crippen LogP contribution in [0.25, 0.3) is 0 Å². The smallest absolute Gasteiger partial charge is 0.240 e. The molecule has 2 aromatic rings. The summed E-state index contributed by atoms with van der Waals surface area (Å²) in [5.41, 5.74) is 7.15. The molecular formula is C15H21Cl2N5O. The van der Waals surface area contributed by atoms with Gasteiger partial charge in [-0.25, -0.2) is 9.67 Å². The zero-order valence-corrected chi connectivity index (χ0v) is 14.5. The summed E-state index contributed by atoms with van der Waals surface area (Å²) >= 11 is 0. The number of hydrogen-bond donors (Lipinski definition) is 1. The number of aromatic nitrogens is 3. The van der Waals surface area contributed by atoms with Crippen molar-refractivity contribution in [2.45, 2.75) is 32.5 Å². The minimum Gasteiger partial charge on any atom is -0.332 e. The van der Waals surface area contributed by atoms with E-state index in [0.29, 0.717) is 26.1 Å². The van der Waals surface area contributed by atoms with E-state index in [0.717, 1.165) is 17.2 Å². The largest absolute Gasteiger partial charge is 0.332 e.